The Morgan fingerprint density at radius 3 is 2.67 bits per heavy atom. The minimum Gasteiger partial charge on any atom is -0.327 e. The predicted molar refractivity (Wildman–Crippen MR) is 56.1 cm³/mol. The Morgan fingerprint density at radius 2 is 2.17 bits per heavy atom. The third-order valence-electron chi connectivity index (χ3n) is 2.41. The van der Waals surface area contributed by atoms with Gasteiger partial charge in [0.1, 0.15) is 0 Å². The summed E-state index contributed by atoms with van der Waals surface area (Å²) in [7, 11) is 0. The van der Waals surface area contributed by atoms with E-state index in [2.05, 4.69) is 26.8 Å². The second-order valence-corrected chi connectivity index (χ2v) is 3.70. The maximum absolute atomic E-state index is 5.47. The van der Waals surface area contributed by atoms with Gasteiger partial charge in [-0.15, -0.1) is 0 Å². The molecule has 0 aromatic rings. The van der Waals surface area contributed by atoms with Gasteiger partial charge in [0, 0.05) is 6.54 Å². The average Bonchev–Trinajstić information content (AvgIpc) is 2.11. The van der Waals surface area contributed by atoms with Gasteiger partial charge in [0.2, 0.25) is 0 Å². The lowest BCUT2D eigenvalue weighted by Gasteiger charge is -2.05. The molecular formula is C11H23N. The van der Waals surface area contributed by atoms with Gasteiger partial charge in [0.05, 0.1) is 0 Å². The second kappa shape index (κ2) is 7.35. The summed E-state index contributed by atoms with van der Waals surface area (Å²) in [6.45, 7) is 7.39. The fourth-order valence-electron chi connectivity index (χ4n) is 1.10. The molecule has 0 aromatic heterocycles. The molecule has 0 saturated carbocycles. The van der Waals surface area contributed by atoms with Crippen molar-refractivity contribution in [1.82, 2.24) is 0 Å². The zero-order valence-corrected chi connectivity index (χ0v) is 8.77. The summed E-state index contributed by atoms with van der Waals surface area (Å²) in [6.07, 6.45) is 7.44. The van der Waals surface area contributed by atoms with Crippen LogP contribution < -0.4 is 5.73 Å². The highest BCUT2D eigenvalue weighted by atomic mass is 14.5. The van der Waals surface area contributed by atoms with E-state index < -0.39 is 0 Å². The average molecular weight is 169 g/mol. The van der Waals surface area contributed by atoms with Gasteiger partial charge in [-0.25, -0.2) is 0 Å². The molecule has 0 heterocycles. The molecule has 0 aromatic carbocycles. The van der Waals surface area contributed by atoms with Gasteiger partial charge in [-0.2, -0.15) is 0 Å². The molecular weight excluding hydrogens is 146 g/mol. The Balaban J connectivity index is 3.32. The number of hydrogen-bond acceptors (Lipinski definition) is 1. The Bertz CT molecular complexity index is 127. The highest BCUT2D eigenvalue weighted by Crippen LogP contribution is 2.11. The van der Waals surface area contributed by atoms with E-state index in [1.165, 1.54) is 31.3 Å². The fraction of sp³-hybridized carbons (Fsp3) is 0.818. The zero-order chi connectivity index (χ0) is 9.40. The molecule has 1 heteroatoms. The van der Waals surface area contributed by atoms with Crippen LogP contribution in [0.3, 0.4) is 0 Å². The first kappa shape index (κ1) is 11.7. The molecule has 0 aliphatic rings. The van der Waals surface area contributed by atoms with Crippen molar-refractivity contribution in [3.05, 3.63) is 11.6 Å². The minimum absolute atomic E-state index is 0.712. The largest absolute Gasteiger partial charge is 0.327 e. The maximum Gasteiger partial charge on any atom is 0.0134 e. The van der Waals surface area contributed by atoms with E-state index in [0.29, 0.717) is 6.54 Å². The molecule has 0 spiro atoms. The summed E-state index contributed by atoms with van der Waals surface area (Å²) in [6, 6.07) is 0. The third kappa shape index (κ3) is 6.41. The van der Waals surface area contributed by atoms with E-state index in [4.69, 9.17) is 5.73 Å². The van der Waals surface area contributed by atoms with Crippen molar-refractivity contribution in [3.8, 4) is 0 Å². The molecule has 0 radical (unpaired) electrons. The molecule has 12 heavy (non-hydrogen) atoms. The van der Waals surface area contributed by atoms with Crippen molar-refractivity contribution in [2.45, 2.75) is 46.5 Å². The molecule has 0 saturated heterocycles. The fourth-order valence-corrected chi connectivity index (χ4v) is 1.10. The van der Waals surface area contributed by atoms with Gasteiger partial charge in [-0.1, -0.05) is 38.3 Å². The van der Waals surface area contributed by atoms with Gasteiger partial charge >= 0.3 is 0 Å². The van der Waals surface area contributed by atoms with Gasteiger partial charge < -0.3 is 5.73 Å². The van der Waals surface area contributed by atoms with Crippen molar-refractivity contribution < 1.29 is 0 Å². The van der Waals surface area contributed by atoms with E-state index in [1.54, 1.807) is 0 Å². The van der Waals surface area contributed by atoms with Crippen LogP contribution in [0.4, 0.5) is 0 Å². The first-order chi connectivity index (χ1) is 5.70. The van der Waals surface area contributed by atoms with Gasteiger partial charge in [-0.05, 0) is 25.7 Å². The monoisotopic (exact) mass is 169 g/mol. The highest BCUT2D eigenvalue weighted by molar-refractivity contribution is 4.98. The summed E-state index contributed by atoms with van der Waals surface area (Å²) < 4.78 is 0. The minimum atomic E-state index is 0.712. The van der Waals surface area contributed by atoms with E-state index >= 15 is 0 Å². The third-order valence-corrected chi connectivity index (χ3v) is 2.41. The van der Waals surface area contributed by atoms with E-state index in [-0.39, 0.29) is 0 Å². The van der Waals surface area contributed by atoms with Crippen molar-refractivity contribution in [2.24, 2.45) is 11.7 Å². The van der Waals surface area contributed by atoms with Gasteiger partial charge in [-0.3, -0.25) is 0 Å². The molecule has 1 unspecified atom stereocenters. The standard InChI is InChI=1S/C11H23N/c1-4-10(2)7-5-6-8-11(3)9-12/h8,10H,4-7,9,12H2,1-3H3/b11-8+. The molecule has 1 atom stereocenters. The Kier molecular flexibility index (Phi) is 7.17. The maximum atomic E-state index is 5.47. The van der Waals surface area contributed by atoms with Crippen LogP contribution in [0.5, 0.6) is 0 Å². The summed E-state index contributed by atoms with van der Waals surface area (Å²) >= 11 is 0. The SMILES string of the molecule is CCC(C)CCC/C=C(\C)CN. The first-order valence-corrected chi connectivity index (χ1v) is 5.06. The van der Waals surface area contributed by atoms with Crippen LogP contribution in [-0.2, 0) is 0 Å². The van der Waals surface area contributed by atoms with Crippen LogP contribution in [0.1, 0.15) is 46.5 Å². The lowest BCUT2D eigenvalue weighted by atomic mass is 10.0. The summed E-state index contributed by atoms with van der Waals surface area (Å²) in [5.74, 6) is 0.886. The molecule has 1 nitrogen and oxygen atoms in total. The molecule has 0 fully saturated rings. The van der Waals surface area contributed by atoms with E-state index in [9.17, 15) is 0 Å². The smallest absolute Gasteiger partial charge is 0.0134 e. The Labute approximate surface area is 77.0 Å². The van der Waals surface area contributed by atoms with Crippen molar-refractivity contribution >= 4 is 0 Å². The quantitative estimate of drug-likeness (QED) is 0.480. The zero-order valence-electron chi connectivity index (χ0n) is 8.77. The highest BCUT2D eigenvalue weighted by Gasteiger charge is 1.96. The Hall–Kier alpha value is -0.300. The van der Waals surface area contributed by atoms with Crippen molar-refractivity contribution in [3.63, 3.8) is 0 Å². The van der Waals surface area contributed by atoms with Crippen LogP contribution in [0.15, 0.2) is 11.6 Å². The first-order valence-electron chi connectivity index (χ1n) is 5.06. The summed E-state index contributed by atoms with van der Waals surface area (Å²) in [5, 5.41) is 0. The molecule has 72 valence electrons. The van der Waals surface area contributed by atoms with Gasteiger partial charge in [0.15, 0.2) is 0 Å². The number of nitrogens with two attached hydrogens (primary N) is 1. The molecule has 0 amide bonds. The van der Waals surface area contributed by atoms with Crippen LogP contribution in [0.2, 0.25) is 0 Å². The number of hydrogen-bond donors (Lipinski definition) is 1. The van der Waals surface area contributed by atoms with Crippen molar-refractivity contribution in [2.75, 3.05) is 6.54 Å². The molecule has 0 aliphatic carbocycles. The van der Waals surface area contributed by atoms with Crippen LogP contribution in [0.25, 0.3) is 0 Å². The summed E-state index contributed by atoms with van der Waals surface area (Å²) in [5.41, 5.74) is 6.79. The number of allylic oxidation sites excluding steroid dienone is 1. The lowest BCUT2D eigenvalue weighted by Crippen LogP contribution is -1.99. The normalized spacial score (nSPS) is 14.8. The van der Waals surface area contributed by atoms with Crippen molar-refractivity contribution in [1.29, 1.82) is 0 Å². The second-order valence-electron chi connectivity index (χ2n) is 3.70. The number of unbranched alkanes of at least 4 members (excludes halogenated alkanes) is 1. The molecule has 0 bridgehead atoms. The molecule has 2 N–H and O–H groups in total. The van der Waals surface area contributed by atoms with E-state index in [0.717, 1.165) is 5.92 Å². The Morgan fingerprint density at radius 1 is 1.50 bits per heavy atom. The topological polar surface area (TPSA) is 26.0 Å². The lowest BCUT2D eigenvalue weighted by molar-refractivity contribution is 0.498. The van der Waals surface area contributed by atoms with Crippen LogP contribution in [-0.4, -0.2) is 6.54 Å². The molecule has 0 rings (SSSR count). The van der Waals surface area contributed by atoms with Gasteiger partial charge in [0.25, 0.3) is 0 Å². The van der Waals surface area contributed by atoms with Crippen LogP contribution in [0, 0.1) is 5.92 Å². The molecule has 0 aliphatic heterocycles. The van der Waals surface area contributed by atoms with Crippen LogP contribution >= 0.6 is 0 Å². The summed E-state index contributed by atoms with van der Waals surface area (Å²) in [4.78, 5) is 0. The predicted octanol–water partition coefficient (Wildman–Crippen LogP) is 3.11. The van der Waals surface area contributed by atoms with E-state index in [1.807, 2.05) is 0 Å². The number of rotatable bonds is 6.